The van der Waals surface area contributed by atoms with Crippen LogP contribution >= 0.6 is 0 Å². The highest BCUT2D eigenvalue weighted by atomic mass is 16.1. The molecular formula is C19H22N6O. The Morgan fingerprint density at radius 2 is 2.19 bits per heavy atom. The van der Waals surface area contributed by atoms with Crippen molar-refractivity contribution in [2.75, 3.05) is 25.0 Å². The van der Waals surface area contributed by atoms with Gasteiger partial charge >= 0.3 is 5.69 Å². The third-order valence-corrected chi connectivity index (χ3v) is 5.58. The number of imidazole rings is 1. The maximum Gasteiger partial charge on any atom is 0.328 e. The zero-order valence-electron chi connectivity index (χ0n) is 14.5. The second-order valence-electron chi connectivity index (χ2n) is 7.22. The van der Waals surface area contributed by atoms with Gasteiger partial charge in [0.05, 0.1) is 12.2 Å². The molecule has 134 valence electrons. The molecular weight excluding hydrogens is 328 g/mol. The first kappa shape index (κ1) is 15.6. The van der Waals surface area contributed by atoms with Crippen molar-refractivity contribution >= 4 is 17.1 Å². The Labute approximate surface area is 150 Å². The van der Waals surface area contributed by atoms with Crippen molar-refractivity contribution < 1.29 is 0 Å². The van der Waals surface area contributed by atoms with Gasteiger partial charge in [-0.25, -0.2) is 9.78 Å². The Hall–Kier alpha value is -2.67. The highest BCUT2D eigenvalue weighted by Crippen LogP contribution is 2.34. The van der Waals surface area contributed by atoms with Crippen LogP contribution in [0.2, 0.25) is 0 Å². The predicted octanol–water partition coefficient (Wildman–Crippen LogP) is 1.68. The number of benzene rings is 1. The van der Waals surface area contributed by atoms with E-state index in [2.05, 4.69) is 43.8 Å². The third-order valence-electron chi connectivity index (χ3n) is 5.58. The Morgan fingerprint density at radius 3 is 3.08 bits per heavy atom. The van der Waals surface area contributed by atoms with Crippen LogP contribution in [-0.2, 0) is 6.42 Å². The molecule has 2 atom stereocenters. The molecule has 0 amide bonds. The summed E-state index contributed by atoms with van der Waals surface area (Å²) in [5, 5.41) is 6.70. The van der Waals surface area contributed by atoms with E-state index in [9.17, 15) is 4.79 Å². The lowest BCUT2D eigenvalue weighted by molar-refractivity contribution is 0.574. The normalized spacial score (nSPS) is 22.0. The van der Waals surface area contributed by atoms with Gasteiger partial charge in [0, 0.05) is 6.54 Å². The van der Waals surface area contributed by atoms with Crippen LogP contribution in [0.25, 0.3) is 11.2 Å². The van der Waals surface area contributed by atoms with Crippen LogP contribution in [0.4, 0.5) is 5.95 Å². The topological polar surface area (TPSA) is 87.6 Å². The number of aryl methyl sites for hydroxylation is 1. The van der Waals surface area contributed by atoms with E-state index in [0.29, 0.717) is 23.0 Å². The summed E-state index contributed by atoms with van der Waals surface area (Å²) >= 11 is 0. The fraction of sp³-hybridized carbons (Fsp3) is 0.421. The molecule has 7 heteroatoms. The summed E-state index contributed by atoms with van der Waals surface area (Å²) < 4.78 is 1.80. The summed E-state index contributed by atoms with van der Waals surface area (Å²) in [6, 6.07) is 8.39. The number of nitrogens with zero attached hydrogens (tertiary/aromatic N) is 3. The Morgan fingerprint density at radius 1 is 1.27 bits per heavy atom. The molecule has 7 nitrogen and oxygen atoms in total. The van der Waals surface area contributed by atoms with Gasteiger partial charge in [0.2, 0.25) is 5.95 Å². The molecule has 1 fully saturated rings. The summed E-state index contributed by atoms with van der Waals surface area (Å²) in [5.74, 6) is 1.19. The molecule has 2 aliphatic rings. The molecule has 0 bridgehead atoms. The summed E-state index contributed by atoms with van der Waals surface area (Å²) in [5.41, 5.74) is 3.79. The lowest BCUT2D eigenvalue weighted by Gasteiger charge is -2.14. The van der Waals surface area contributed by atoms with Crippen molar-refractivity contribution in [3.63, 3.8) is 0 Å². The average Bonchev–Trinajstić information content (AvgIpc) is 3.37. The third kappa shape index (κ3) is 2.59. The van der Waals surface area contributed by atoms with Crippen LogP contribution in [-0.4, -0.2) is 39.2 Å². The second-order valence-corrected chi connectivity index (χ2v) is 7.22. The van der Waals surface area contributed by atoms with E-state index in [0.717, 1.165) is 32.5 Å². The van der Waals surface area contributed by atoms with E-state index >= 15 is 0 Å². The lowest BCUT2D eigenvalue weighted by Crippen LogP contribution is -2.22. The molecule has 3 heterocycles. The van der Waals surface area contributed by atoms with Gasteiger partial charge in [0.1, 0.15) is 5.52 Å². The van der Waals surface area contributed by atoms with Gasteiger partial charge in [-0.1, -0.05) is 24.3 Å². The van der Waals surface area contributed by atoms with Crippen molar-refractivity contribution in [2.24, 2.45) is 5.92 Å². The Bertz CT molecular complexity index is 1000. The van der Waals surface area contributed by atoms with Crippen LogP contribution in [0.15, 0.2) is 35.3 Å². The minimum atomic E-state index is -0.117. The Kier molecular flexibility index (Phi) is 3.74. The van der Waals surface area contributed by atoms with Crippen LogP contribution < -0.4 is 16.3 Å². The first-order valence-electron chi connectivity index (χ1n) is 9.29. The van der Waals surface area contributed by atoms with Gasteiger partial charge < -0.3 is 15.6 Å². The molecule has 1 aliphatic carbocycles. The minimum Gasteiger partial charge on any atom is -0.354 e. The van der Waals surface area contributed by atoms with Crippen molar-refractivity contribution in [3.8, 4) is 0 Å². The molecule has 1 aromatic carbocycles. The van der Waals surface area contributed by atoms with E-state index in [1.165, 1.54) is 17.5 Å². The van der Waals surface area contributed by atoms with Crippen LogP contribution in [0.3, 0.4) is 0 Å². The molecule has 0 radical (unpaired) electrons. The van der Waals surface area contributed by atoms with E-state index in [1.807, 2.05) is 6.07 Å². The van der Waals surface area contributed by atoms with E-state index in [-0.39, 0.29) is 11.7 Å². The number of aromatic nitrogens is 4. The van der Waals surface area contributed by atoms with E-state index in [1.54, 1.807) is 10.8 Å². The van der Waals surface area contributed by atoms with Gasteiger partial charge in [-0.15, -0.1) is 0 Å². The molecule has 0 spiro atoms. The zero-order valence-corrected chi connectivity index (χ0v) is 14.5. The molecule has 1 aliphatic heterocycles. The number of H-pyrrole nitrogens is 1. The number of anilines is 1. The number of nitrogens with one attached hydrogen (secondary N) is 3. The molecule has 26 heavy (non-hydrogen) atoms. The SMILES string of the molecule is O=c1[nH]c2cnc(NC[C@@H]3CCNC3)nc2n1[C@H]1CCc2ccccc21. The van der Waals surface area contributed by atoms with Crippen LogP contribution in [0.5, 0.6) is 0 Å². The largest absolute Gasteiger partial charge is 0.354 e. The molecule has 0 saturated carbocycles. The van der Waals surface area contributed by atoms with E-state index in [4.69, 9.17) is 0 Å². The molecule has 1 saturated heterocycles. The van der Waals surface area contributed by atoms with E-state index < -0.39 is 0 Å². The highest BCUT2D eigenvalue weighted by molar-refractivity contribution is 5.71. The maximum atomic E-state index is 12.6. The quantitative estimate of drug-likeness (QED) is 0.666. The summed E-state index contributed by atoms with van der Waals surface area (Å²) in [6.07, 6.45) is 4.79. The van der Waals surface area contributed by atoms with Gasteiger partial charge in [0.25, 0.3) is 0 Å². The zero-order chi connectivity index (χ0) is 17.5. The highest BCUT2D eigenvalue weighted by Gasteiger charge is 2.27. The monoisotopic (exact) mass is 350 g/mol. The number of hydrogen-bond donors (Lipinski definition) is 3. The number of aromatic amines is 1. The van der Waals surface area contributed by atoms with Crippen molar-refractivity contribution in [2.45, 2.75) is 25.3 Å². The van der Waals surface area contributed by atoms with Gasteiger partial charge in [-0.3, -0.25) is 4.57 Å². The fourth-order valence-corrected chi connectivity index (χ4v) is 4.22. The van der Waals surface area contributed by atoms with Crippen LogP contribution in [0.1, 0.15) is 30.0 Å². The standard InChI is InChI=1S/C19H22N6O/c26-19-23-15-11-22-18(21-10-12-7-8-20-9-12)24-17(15)25(19)16-6-5-13-3-1-2-4-14(13)16/h1-4,11-12,16,20H,5-10H2,(H,23,26)(H,21,22,24)/t12-,16+/m1/s1. The van der Waals surface area contributed by atoms with Gasteiger partial charge in [0.15, 0.2) is 5.65 Å². The summed E-state index contributed by atoms with van der Waals surface area (Å²) in [7, 11) is 0. The minimum absolute atomic E-state index is 0.0363. The molecule has 3 aromatic rings. The maximum absolute atomic E-state index is 12.6. The lowest BCUT2D eigenvalue weighted by atomic mass is 10.1. The molecule has 0 unspecified atom stereocenters. The van der Waals surface area contributed by atoms with Crippen molar-refractivity contribution in [1.29, 1.82) is 0 Å². The van der Waals surface area contributed by atoms with Crippen molar-refractivity contribution in [1.82, 2.24) is 24.8 Å². The van der Waals surface area contributed by atoms with Gasteiger partial charge in [-0.2, -0.15) is 4.98 Å². The number of hydrogen-bond acceptors (Lipinski definition) is 5. The van der Waals surface area contributed by atoms with Crippen LogP contribution in [0, 0.1) is 5.92 Å². The number of rotatable bonds is 4. The number of fused-ring (bicyclic) bond motifs is 2. The second kappa shape index (κ2) is 6.25. The molecule has 3 N–H and O–H groups in total. The summed E-state index contributed by atoms with van der Waals surface area (Å²) in [4.78, 5) is 24.6. The average molecular weight is 350 g/mol. The van der Waals surface area contributed by atoms with Crippen molar-refractivity contribution in [3.05, 3.63) is 52.1 Å². The fourth-order valence-electron chi connectivity index (χ4n) is 4.22. The molecule has 2 aromatic heterocycles. The Balaban J connectivity index is 1.50. The smallest absolute Gasteiger partial charge is 0.328 e. The first-order chi connectivity index (χ1) is 12.8. The predicted molar refractivity (Wildman–Crippen MR) is 101 cm³/mol. The summed E-state index contributed by atoms with van der Waals surface area (Å²) in [6.45, 7) is 2.95. The van der Waals surface area contributed by atoms with Gasteiger partial charge in [-0.05, 0) is 49.4 Å². The molecule has 5 rings (SSSR count). The first-order valence-corrected chi connectivity index (χ1v) is 9.29.